The van der Waals surface area contributed by atoms with Crippen molar-refractivity contribution in [2.75, 3.05) is 11.9 Å². The van der Waals surface area contributed by atoms with E-state index < -0.39 is 22.7 Å². The highest BCUT2D eigenvalue weighted by molar-refractivity contribution is 7.89. The van der Waals surface area contributed by atoms with Gasteiger partial charge in [0, 0.05) is 5.69 Å². The summed E-state index contributed by atoms with van der Waals surface area (Å²) >= 11 is 0. The number of hydrogen-bond donors (Lipinski definition) is 2. The molecular weight excluding hydrogens is 245 g/mol. The third kappa shape index (κ3) is 4.07. The van der Waals surface area contributed by atoms with Gasteiger partial charge in [0.1, 0.15) is 6.54 Å². The van der Waals surface area contributed by atoms with Crippen LogP contribution in [0.15, 0.2) is 29.2 Å². The zero-order chi connectivity index (χ0) is 12.4. The molecule has 0 saturated carbocycles. The van der Waals surface area contributed by atoms with Gasteiger partial charge in [0.2, 0.25) is 10.0 Å². The van der Waals surface area contributed by atoms with E-state index in [0.717, 1.165) is 12.1 Å². The third-order valence-corrected chi connectivity index (χ3v) is 2.61. The summed E-state index contributed by atoms with van der Waals surface area (Å²) in [6.45, 7) is -1.18. The van der Waals surface area contributed by atoms with Crippen LogP contribution in [-0.2, 0) is 10.0 Å². The Morgan fingerprint density at radius 2 is 1.69 bits per heavy atom. The van der Waals surface area contributed by atoms with Gasteiger partial charge >= 0.3 is 6.18 Å². The summed E-state index contributed by atoms with van der Waals surface area (Å²) in [5.74, 6) is 0. The lowest BCUT2D eigenvalue weighted by Crippen LogP contribution is -2.21. The maximum absolute atomic E-state index is 11.8. The zero-order valence-electron chi connectivity index (χ0n) is 7.95. The SMILES string of the molecule is NS(=O)(=O)c1ccc(NCC(F)(F)F)cc1. The molecule has 0 bridgehead atoms. The smallest absolute Gasteiger partial charge is 0.376 e. The number of hydrogen-bond acceptors (Lipinski definition) is 3. The molecule has 3 N–H and O–H groups in total. The average Bonchev–Trinajstić information content (AvgIpc) is 2.13. The average molecular weight is 254 g/mol. The van der Waals surface area contributed by atoms with Crippen molar-refractivity contribution in [3.05, 3.63) is 24.3 Å². The Bertz CT molecular complexity index is 453. The molecule has 0 fully saturated rings. The molecular formula is C8H9F3N2O2S. The molecule has 16 heavy (non-hydrogen) atoms. The van der Waals surface area contributed by atoms with E-state index in [-0.39, 0.29) is 10.6 Å². The minimum Gasteiger partial charge on any atom is -0.376 e. The van der Waals surface area contributed by atoms with Gasteiger partial charge in [-0.15, -0.1) is 0 Å². The van der Waals surface area contributed by atoms with Crippen molar-refractivity contribution < 1.29 is 21.6 Å². The summed E-state index contributed by atoms with van der Waals surface area (Å²) in [5.41, 5.74) is 0.171. The van der Waals surface area contributed by atoms with Crippen molar-refractivity contribution in [3.8, 4) is 0 Å². The molecule has 0 unspecified atom stereocenters. The second-order valence-corrected chi connectivity index (χ2v) is 4.60. The van der Waals surface area contributed by atoms with E-state index in [1.54, 1.807) is 0 Å². The number of nitrogens with one attached hydrogen (secondary N) is 1. The summed E-state index contributed by atoms with van der Waals surface area (Å²) in [7, 11) is -3.81. The van der Waals surface area contributed by atoms with Gasteiger partial charge in [0.25, 0.3) is 0 Å². The molecule has 1 aromatic rings. The van der Waals surface area contributed by atoms with Crippen LogP contribution in [0, 0.1) is 0 Å². The van der Waals surface area contributed by atoms with Gasteiger partial charge in [0.15, 0.2) is 0 Å². The molecule has 0 spiro atoms. The highest BCUT2D eigenvalue weighted by Gasteiger charge is 2.26. The molecule has 1 rings (SSSR count). The lowest BCUT2D eigenvalue weighted by atomic mass is 10.3. The molecule has 0 saturated heterocycles. The van der Waals surface area contributed by atoms with Crippen molar-refractivity contribution in [1.29, 1.82) is 0 Å². The van der Waals surface area contributed by atoms with Crippen LogP contribution in [0.4, 0.5) is 18.9 Å². The van der Waals surface area contributed by atoms with E-state index in [4.69, 9.17) is 5.14 Å². The summed E-state index contributed by atoms with van der Waals surface area (Å²) in [4.78, 5) is -0.148. The lowest BCUT2D eigenvalue weighted by molar-refractivity contribution is -0.115. The van der Waals surface area contributed by atoms with Gasteiger partial charge in [-0.1, -0.05) is 0 Å². The normalized spacial score (nSPS) is 12.5. The number of anilines is 1. The maximum Gasteiger partial charge on any atom is 0.405 e. The monoisotopic (exact) mass is 254 g/mol. The molecule has 0 aliphatic rings. The topological polar surface area (TPSA) is 72.2 Å². The molecule has 0 aromatic heterocycles. The molecule has 0 heterocycles. The van der Waals surface area contributed by atoms with Crippen molar-refractivity contribution in [3.63, 3.8) is 0 Å². The number of alkyl halides is 3. The number of halogens is 3. The number of rotatable bonds is 3. The largest absolute Gasteiger partial charge is 0.405 e. The Kier molecular flexibility index (Phi) is 3.44. The summed E-state index contributed by atoms with van der Waals surface area (Å²) in [5, 5.41) is 6.92. The predicted molar refractivity (Wildman–Crippen MR) is 52.4 cm³/mol. The van der Waals surface area contributed by atoms with Gasteiger partial charge < -0.3 is 5.32 Å². The van der Waals surface area contributed by atoms with Crippen molar-refractivity contribution in [2.24, 2.45) is 5.14 Å². The van der Waals surface area contributed by atoms with Crippen LogP contribution in [-0.4, -0.2) is 21.1 Å². The first-order valence-corrected chi connectivity index (χ1v) is 5.66. The van der Waals surface area contributed by atoms with Crippen LogP contribution < -0.4 is 10.5 Å². The zero-order valence-corrected chi connectivity index (χ0v) is 8.77. The standard InChI is InChI=1S/C8H9F3N2O2S/c9-8(10,11)5-13-6-1-3-7(4-2-6)16(12,14)15/h1-4,13H,5H2,(H2,12,14,15). The first kappa shape index (κ1) is 12.8. The van der Waals surface area contributed by atoms with Crippen LogP contribution in [0.3, 0.4) is 0 Å². The second kappa shape index (κ2) is 4.30. The molecule has 0 atom stereocenters. The molecule has 4 nitrogen and oxygen atoms in total. The number of nitrogens with two attached hydrogens (primary N) is 1. The van der Waals surface area contributed by atoms with Gasteiger partial charge in [-0.05, 0) is 24.3 Å². The van der Waals surface area contributed by atoms with E-state index in [9.17, 15) is 21.6 Å². The predicted octanol–water partition coefficient (Wildman–Crippen LogP) is 1.31. The van der Waals surface area contributed by atoms with E-state index >= 15 is 0 Å². The van der Waals surface area contributed by atoms with Crippen molar-refractivity contribution in [1.82, 2.24) is 0 Å². The number of sulfonamides is 1. The lowest BCUT2D eigenvalue weighted by Gasteiger charge is -2.09. The first-order chi connectivity index (χ1) is 7.18. The fourth-order valence-electron chi connectivity index (χ4n) is 0.965. The van der Waals surface area contributed by atoms with E-state index in [1.165, 1.54) is 12.1 Å². The van der Waals surface area contributed by atoms with Crippen LogP contribution in [0.5, 0.6) is 0 Å². The quantitative estimate of drug-likeness (QED) is 0.854. The Morgan fingerprint density at radius 3 is 2.06 bits per heavy atom. The van der Waals surface area contributed by atoms with E-state index in [2.05, 4.69) is 5.32 Å². The van der Waals surface area contributed by atoms with Gasteiger partial charge in [-0.25, -0.2) is 13.6 Å². The molecule has 0 radical (unpaired) electrons. The van der Waals surface area contributed by atoms with Gasteiger partial charge in [0.05, 0.1) is 4.90 Å². The Morgan fingerprint density at radius 1 is 1.19 bits per heavy atom. The highest BCUT2D eigenvalue weighted by Crippen LogP contribution is 2.17. The number of benzene rings is 1. The highest BCUT2D eigenvalue weighted by atomic mass is 32.2. The molecule has 90 valence electrons. The minimum absolute atomic E-state index is 0.148. The fourth-order valence-corrected chi connectivity index (χ4v) is 1.48. The van der Waals surface area contributed by atoms with Crippen molar-refractivity contribution in [2.45, 2.75) is 11.1 Å². The first-order valence-electron chi connectivity index (χ1n) is 4.12. The van der Waals surface area contributed by atoms with Gasteiger partial charge in [-0.3, -0.25) is 0 Å². The summed E-state index contributed by atoms with van der Waals surface area (Å²) < 4.78 is 57.2. The van der Waals surface area contributed by atoms with Crippen LogP contribution >= 0.6 is 0 Å². The minimum atomic E-state index is -4.32. The summed E-state index contributed by atoms with van der Waals surface area (Å²) in [6.07, 6.45) is -4.32. The Balaban J connectivity index is 2.73. The molecule has 0 aliphatic carbocycles. The third-order valence-electron chi connectivity index (χ3n) is 1.68. The van der Waals surface area contributed by atoms with Crippen LogP contribution in [0.2, 0.25) is 0 Å². The van der Waals surface area contributed by atoms with Crippen molar-refractivity contribution >= 4 is 15.7 Å². The second-order valence-electron chi connectivity index (χ2n) is 3.04. The van der Waals surface area contributed by atoms with Crippen LogP contribution in [0.25, 0.3) is 0 Å². The molecule has 0 aliphatic heterocycles. The Hall–Kier alpha value is -1.28. The maximum atomic E-state index is 11.8. The number of primary sulfonamides is 1. The molecule has 0 amide bonds. The van der Waals surface area contributed by atoms with Crippen LogP contribution in [0.1, 0.15) is 0 Å². The fraction of sp³-hybridized carbons (Fsp3) is 0.250. The molecule has 1 aromatic carbocycles. The molecule has 8 heteroatoms. The summed E-state index contributed by atoms with van der Waals surface area (Å²) in [6, 6.07) is 4.69. The van der Waals surface area contributed by atoms with E-state index in [0.29, 0.717) is 0 Å². The van der Waals surface area contributed by atoms with Gasteiger partial charge in [-0.2, -0.15) is 13.2 Å². The Labute approximate surface area is 90.3 Å². The van der Waals surface area contributed by atoms with E-state index in [1.807, 2.05) is 0 Å².